The van der Waals surface area contributed by atoms with Crippen LogP contribution in [0.1, 0.15) is 43.7 Å². The number of benzene rings is 1. The van der Waals surface area contributed by atoms with Crippen LogP contribution >= 0.6 is 11.6 Å². The second-order valence-corrected chi connectivity index (χ2v) is 9.16. The first kappa shape index (κ1) is 22.1. The van der Waals surface area contributed by atoms with Gasteiger partial charge in [0.1, 0.15) is 23.6 Å². The lowest BCUT2D eigenvalue weighted by atomic mass is 9.49. The molecule has 0 bridgehead atoms. The Kier molecular flexibility index (Phi) is 6.11. The molecule has 1 aliphatic rings. The molecule has 1 aromatic heterocycles. The number of rotatable bonds is 7. The maximum atomic E-state index is 12.8. The Morgan fingerprint density at radius 3 is 2.60 bits per heavy atom. The molecule has 0 aliphatic heterocycles. The molecule has 0 unspecified atom stereocenters. The molecule has 0 saturated heterocycles. The molecule has 0 atom stereocenters. The zero-order chi connectivity index (χ0) is 22.1. The monoisotopic (exact) mass is 430 g/mol. The summed E-state index contributed by atoms with van der Waals surface area (Å²) in [5, 5.41) is 16.9. The number of aromatic nitrogens is 2. The fourth-order valence-electron chi connectivity index (χ4n) is 4.59. The molecule has 7 nitrogen and oxygen atoms in total. The van der Waals surface area contributed by atoms with Gasteiger partial charge in [-0.1, -0.05) is 39.3 Å². The van der Waals surface area contributed by atoms with Crippen molar-refractivity contribution in [1.82, 2.24) is 15.1 Å². The minimum Gasteiger partial charge on any atom is -0.489 e. The molecule has 0 spiro atoms. The maximum Gasteiger partial charge on any atom is 0.272 e. The second-order valence-electron chi connectivity index (χ2n) is 8.76. The van der Waals surface area contributed by atoms with Gasteiger partial charge < -0.3 is 14.8 Å². The van der Waals surface area contributed by atoms with Crippen molar-refractivity contribution in [1.29, 1.82) is 5.26 Å². The number of nitrogens with zero attached hydrogens (tertiary/aromatic N) is 3. The minimum atomic E-state index is -0.321. The fourth-order valence-corrected chi connectivity index (χ4v) is 4.81. The Bertz CT molecular complexity index is 961. The summed E-state index contributed by atoms with van der Waals surface area (Å²) < 4.78 is 13.0. The molecule has 1 aromatic carbocycles. The molecule has 1 saturated carbocycles. The van der Waals surface area contributed by atoms with Gasteiger partial charge in [-0.25, -0.2) is 0 Å². The van der Waals surface area contributed by atoms with Crippen LogP contribution in [-0.2, 0) is 11.3 Å². The van der Waals surface area contributed by atoms with Crippen LogP contribution in [0.4, 0.5) is 0 Å². The van der Waals surface area contributed by atoms with Gasteiger partial charge in [0, 0.05) is 36.2 Å². The molecule has 1 N–H and O–H groups in total. The smallest absolute Gasteiger partial charge is 0.272 e. The van der Waals surface area contributed by atoms with E-state index in [0.717, 1.165) is 0 Å². The maximum absolute atomic E-state index is 12.8. The van der Waals surface area contributed by atoms with Crippen molar-refractivity contribution < 1.29 is 14.3 Å². The van der Waals surface area contributed by atoms with Gasteiger partial charge in [0.15, 0.2) is 0 Å². The Morgan fingerprint density at radius 2 is 2.00 bits per heavy atom. The first-order chi connectivity index (χ1) is 14.1. The van der Waals surface area contributed by atoms with E-state index >= 15 is 0 Å². The van der Waals surface area contributed by atoms with E-state index in [4.69, 9.17) is 26.3 Å². The molecule has 30 heavy (non-hydrogen) atoms. The number of hydrogen-bond acceptors (Lipinski definition) is 5. The average Bonchev–Trinajstić information content (AvgIpc) is 3.17. The molecule has 160 valence electrons. The Balaban J connectivity index is 1.70. The van der Waals surface area contributed by atoms with E-state index in [0.29, 0.717) is 35.2 Å². The topological polar surface area (TPSA) is 89.2 Å². The highest BCUT2D eigenvalue weighted by atomic mass is 35.5. The number of methoxy groups -OCH3 is 1. The van der Waals surface area contributed by atoms with Crippen LogP contribution in [0.5, 0.6) is 5.75 Å². The van der Waals surface area contributed by atoms with Gasteiger partial charge in [0.25, 0.3) is 5.91 Å². The molecule has 1 fully saturated rings. The molecule has 3 rings (SSSR count). The van der Waals surface area contributed by atoms with Gasteiger partial charge in [0.05, 0.1) is 23.7 Å². The van der Waals surface area contributed by atoms with E-state index in [-0.39, 0.29) is 28.9 Å². The third-order valence-corrected chi connectivity index (χ3v) is 6.14. The van der Waals surface area contributed by atoms with Crippen molar-refractivity contribution in [3.63, 3.8) is 0 Å². The minimum absolute atomic E-state index is 0.111. The van der Waals surface area contributed by atoms with E-state index in [9.17, 15) is 4.79 Å². The Morgan fingerprint density at radius 1 is 1.30 bits per heavy atom. The van der Waals surface area contributed by atoms with Crippen LogP contribution in [0.2, 0.25) is 5.02 Å². The van der Waals surface area contributed by atoms with Gasteiger partial charge >= 0.3 is 0 Å². The number of ether oxygens (including phenoxy) is 2. The SMILES string of the molecule is COCCn1ccc(C(=O)NC2C(C)(C)C(Oc3ccc(C#N)c(Cl)c3)C2(C)C)n1. The molecule has 0 radical (unpaired) electrons. The quantitative estimate of drug-likeness (QED) is 0.723. The fraction of sp³-hybridized carbons (Fsp3) is 0.500. The number of hydrogen-bond donors (Lipinski definition) is 1. The molecular formula is C22H27ClN4O3. The van der Waals surface area contributed by atoms with Crippen molar-refractivity contribution in [3.05, 3.63) is 46.7 Å². The number of halogens is 1. The largest absolute Gasteiger partial charge is 0.489 e. The molecule has 2 aromatic rings. The second kappa shape index (κ2) is 8.29. The van der Waals surface area contributed by atoms with Crippen molar-refractivity contribution in [2.24, 2.45) is 10.8 Å². The average molecular weight is 431 g/mol. The normalized spacial score (nSPS) is 21.4. The zero-order valence-corrected chi connectivity index (χ0v) is 18.7. The lowest BCUT2D eigenvalue weighted by Crippen LogP contribution is -2.74. The summed E-state index contributed by atoms with van der Waals surface area (Å²) in [5.74, 6) is 0.393. The number of nitrogens with one attached hydrogen (secondary N) is 1. The van der Waals surface area contributed by atoms with E-state index < -0.39 is 0 Å². The van der Waals surface area contributed by atoms with Crippen LogP contribution in [0.15, 0.2) is 30.5 Å². The number of carbonyl (C=O) groups excluding carboxylic acids is 1. The van der Waals surface area contributed by atoms with Crippen molar-refractivity contribution >= 4 is 17.5 Å². The van der Waals surface area contributed by atoms with Gasteiger partial charge in [0.2, 0.25) is 0 Å². The lowest BCUT2D eigenvalue weighted by molar-refractivity contribution is -0.164. The number of amides is 1. The van der Waals surface area contributed by atoms with Crippen LogP contribution < -0.4 is 10.1 Å². The molecule has 1 amide bonds. The summed E-state index contributed by atoms with van der Waals surface area (Å²) in [6.45, 7) is 9.39. The molecule has 1 aliphatic carbocycles. The zero-order valence-electron chi connectivity index (χ0n) is 17.9. The van der Waals surface area contributed by atoms with Crippen LogP contribution in [0.3, 0.4) is 0 Å². The summed E-state index contributed by atoms with van der Waals surface area (Å²) in [6.07, 6.45) is 1.62. The predicted molar refractivity (Wildman–Crippen MR) is 114 cm³/mol. The first-order valence-corrected chi connectivity index (χ1v) is 10.2. The first-order valence-electron chi connectivity index (χ1n) is 9.80. The number of carbonyl (C=O) groups is 1. The molecular weight excluding hydrogens is 404 g/mol. The van der Waals surface area contributed by atoms with Crippen LogP contribution in [0, 0.1) is 22.2 Å². The third kappa shape index (κ3) is 4.03. The highest BCUT2D eigenvalue weighted by molar-refractivity contribution is 6.31. The van der Waals surface area contributed by atoms with Gasteiger partial charge in [-0.2, -0.15) is 10.4 Å². The van der Waals surface area contributed by atoms with Crippen molar-refractivity contribution in [2.75, 3.05) is 13.7 Å². The van der Waals surface area contributed by atoms with E-state index in [1.165, 1.54) is 0 Å². The summed E-state index contributed by atoms with van der Waals surface area (Å²) >= 11 is 6.14. The summed E-state index contributed by atoms with van der Waals surface area (Å²) in [4.78, 5) is 12.8. The van der Waals surface area contributed by atoms with Gasteiger partial charge in [-0.05, 0) is 18.2 Å². The molecule has 1 heterocycles. The van der Waals surface area contributed by atoms with E-state index in [1.807, 2.05) is 6.07 Å². The van der Waals surface area contributed by atoms with Crippen molar-refractivity contribution in [3.8, 4) is 11.8 Å². The highest BCUT2D eigenvalue weighted by Gasteiger charge is 2.64. The Hall–Kier alpha value is -2.56. The van der Waals surface area contributed by atoms with Gasteiger partial charge in [-0.15, -0.1) is 0 Å². The highest BCUT2D eigenvalue weighted by Crippen LogP contribution is 2.55. The predicted octanol–water partition coefficient (Wildman–Crippen LogP) is 3.67. The van der Waals surface area contributed by atoms with Crippen LogP contribution in [0.25, 0.3) is 0 Å². The van der Waals surface area contributed by atoms with Gasteiger partial charge in [-0.3, -0.25) is 9.48 Å². The van der Waals surface area contributed by atoms with Crippen molar-refractivity contribution in [2.45, 2.75) is 46.4 Å². The standard InChI is InChI=1S/C22H27ClN4O3/c1-21(2)19(25-18(28)17-8-9-27(26-17)10-11-29-5)22(3,4)20(21)30-15-7-6-14(13-24)16(23)12-15/h6-9,12,19-20H,10-11H2,1-5H3,(H,25,28). The van der Waals surface area contributed by atoms with Crippen LogP contribution in [-0.4, -0.2) is 41.6 Å². The Labute approximate surface area is 181 Å². The van der Waals surface area contributed by atoms with E-state index in [2.05, 4.69) is 38.1 Å². The summed E-state index contributed by atoms with van der Waals surface area (Å²) in [7, 11) is 1.63. The van der Waals surface area contributed by atoms with E-state index in [1.54, 1.807) is 42.3 Å². The number of nitriles is 1. The molecule has 8 heteroatoms. The third-order valence-electron chi connectivity index (χ3n) is 5.83. The lowest BCUT2D eigenvalue weighted by Gasteiger charge is -2.63. The summed E-state index contributed by atoms with van der Waals surface area (Å²) in [6, 6.07) is 8.69. The summed E-state index contributed by atoms with van der Waals surface area (Å²) in [5.41, 5.74) is 0.142.